The van der Waals surface area contributed by atoms with Gasteiger partial charge in [-0.25, -0.2) is 0 Å². The summed E-state index contributed by atoms with van der Waals surface area (Å²) in [5, 5.41) is 3.05. The van der Waals surface area contributed by atoms with Gasteiger partial charge in [-0.05, 0) is 31.9 Å². The zero-order valence-corrected chi connectivity index (χ0v) is 11.4. The monoisotopic (exact) mass is 262 g/mol. The number of nitrogens with two attached hydrogens (primary N) is 1. The summed E-state index contributed by atoms with van der Waals surface area (Å²) in [5.41, 5.74) is 6.35. The van der Waals surface area contributed by atoms with Crippen molar-refractivity contribution in [3.63, 3.8) is 0 Å². The fourth-order valence-electron chi connectivity index (χ4n) is 2.40. The standard InChI is InChI=1S/C15H22N2O2/c1-11(19-14-10-6-5-9-13(14)16)15(18)17-12-7-3-2-4-8-12/h5-6,9-12H,2-4,7-8,16H2,1H3,(H,17,18). The third-order valence-corrected chi connectivity index (χ3v) is 3.54. The SMILES string of the molecule is CC(Oc1ccccc1N)C(=O)NC1CCCCC1. The molecule has 0 heterocycles. The molecule has 1 aromatic rings. The first kappa shape index (κ1) is 13.7. The molecule has 0 spiro atoms. The van der Waals surface area contributed by atoms with Crippen LogP contribution in [0.15, 0.2) is 24.3 Å². The summed E-state index contributed by atoms with van der Waals surface area (Å²) < 4.78 is 5.61. The number of hydrogen-bond acceptors (Lipinski definition) is 3. The Kier molecular flexibility index (Phi) is 4.66. The van der Waals surface area contributed by atoms with E-state index in [0.29, 0.717) is 17.5 Å². The Morgan fingerprint density at radius 3 is 2.68 bits per heavy atom. The van der Waals surface area contributed by atoms with Crippen LogP contribution in [0.2, 0.25) is 0 Å². The molecule has 0 aromatic heterocycles. The van der Waals surface area contributed by atoms with Crippen LogP contribution in [0, 0.1) is 0 Å². The number of carbonyl (C=O) groups is 1. The molecule has 0 radical (unpaired) electrons. The van der Waals surface area contributed by atoms with Crippen molar-refractivity contribution in [1.82, 2.24) is 5.32 Å². The molecule has 1 aliphatic rings. The molecule has 104 valence electrons. The normalized spacial score (nSPS) is 17.7. The maximum absolute atomic E-state index is 12.0. The zero-order valence-electron chi connectivity index (χ0n) is 11.4. The molecule has 0 bridgehead atoms. The molecule has 1 saturated carbocycles. The van der Waals surface area contributed by atoms with E-state index in [0.717, 1.165) is 12.8 Å². The van der Waals surface area contributed by atoms with Gasteiger partial charge in [-0.15, -0.1) is 0 Å². The number of carbonyl (C=O) groups excluding carboxylic acids is 1. The Balaban J connectivity index is 1.87. The summed E-state index contributed by atoms with van der Waals surface area (Å²) in [5.74, 6) is 0.504. The van der Waals surface area contributed by atoms with Gasteiger partial charge in [-0.3, -0.25) is 4.79 Å². The second-order valence-electron chi connectivity index (χ2n) is 5.14. The van der Waals surface area contributed by atoms with Crippen LogP contribution in [0.1, 0.15) is 39.0 Å². The van der Waals surface area contributed by atoms with Crippen molar-refractivity contribution < 1.29 is 9.53 Å². The van der Waals surface area contributed by atoms with E-state index < -0.39 is 6.10 Å². The van der Waals surface area contributed by atoms with Gasteiger partial charge in [0.2, 0.25) is 0 Å². The highest BCUT2D eigenvalue weighted by molar-refractivity contribution is 5.81. The van der Waals surface area contributed by atoms with E-state index in [1.165, 1.54) is 19.3 Å². The van der Waals surface area contributed by atoms with Crippen LogP contribution in [0.25, 0.3) is 0 Å². The molecule has 4 heteroatoms. The number of anilines is 1. The highest BCUT2D eigenvalue weighted by atomic mass is 16.5. The van der Waals surface area contributed by atoms with Gasteiger partial charge in [0.1, 0.15) is 5.75 Å². The molecule has 1 unspecified atom stereocenters. The summed E-state index contributed by atoms with van der Waals surface area (Å²) in [6.07, 6.45) is 5.31. The van der Waals surface area contributed by atoms with Crippen LogP contribution in [0.4, 0.5) is 5.69 Å². The maximum atomic E-state index is 12.0. The van der Waals surface area contributed by atoms with Gasteiger partial charge in [-0.1, -0.05) is 31.4 Å². The van der Waals surface area contributed by atoms with Crippen molar-refractivity contribution in [1.29, 1.82) is 0 Å². The lowest BCUT2D eigenvalue weighted by atomic mass is 9.95. The smallest absolute Gasteiger partial charge is 0.260 e. The van der Waals surface area contributed by atoms with E-state index in [9.17, 15) is 4.79 Å². The van der Waals surface area contributed by atoms with Gasteiger partial charge >= 0.3 is 0 Å². The third-order valence-electron chi connectivity index (χ3n) is 3.54. The Labute approximate surface area is 114 Å². The molecule has 0 aliphatic heterocycles. The summed E-state index contributed by atoms with van der Waals surface area (Å²) >= 11 is 0. The fourth-order valence-corrected chi connectivity index (χ4v) is 2.40. The summed E-state index contributed by atoms with van der Waals surface area (Å²) in [6.45, 7) is 1.75. The quantitative estimate of drug-likeness (QED) is 0.819. The molecule has 1 atom stereocenters. The second-order valence-corrected chi connectivity index (χ2v) is 5.14. The lowest BCUT2D eigenvalue weighted by molar-refractivity contribution is -0.128. The van der Waals surface area contributed by atoms with Gasteiger partial charge in [0.05, 0.1) is 5.69 Å². The average molecular weight is 262 g/mol. The average Bonchev–Trinajstić information content (AvgIpc) is 2.42. The molecule has 0 saturated heterocycles. The third kappa shape index (κ3) is 3.88. The first-order valence-electron chi connectivity index (χ1n) is 6.98. The van der Waals surface area contributed by atoms with E-state index in [2.05, 4.69) is 5.32 Å². The molecule has 3 N–H and O–H groups in total. The Morgan fingerprint density at radius 2 is 2.00 bits per heavy atom. The topological polar surface area (TPSA) is 64.3 Å². The number of nitrogen functional groups attached to an aromatic ring is 1. The molecular formula is C15H22N2O2. The first-order valence-corrected chi connectivity index (χ1v) is 6.98. The number of amides is 1. The van der Waals surface area contributed by atoms with Gasteiger partial charge in [0.25, 0.3) is 5.91 Å². The van der Waals surface area contributed by atoms with Crippen molar-refractivity contribution in [3.05, 3.63) is 24.3 Å². The Bertz CT molecular complexity index is 428. The van der Waals surface area contributed by atoms with Crippen molar-refractivity contribution in [2.24, 2.45) is 0 Å². The van der Waals surface area contributed by atoms with E-state index >= 15 is 0 Å². The summed E-state index contributed by atoms with van der Waals surface area (Å²) in [6, 6.07) is 7.54. The van der Waals surface area contributed by atoms with Crippen molar-refractivity contribution >= 4 is 11.6 Å². The molecule has 1 aliphatic carbocycles. The molecule has 4 nitrogen and oxygen atoms in total. The Morgan fingerprint density at radius 1 is 1.32 bits per heavy atom. The van der Waals surface area contributed by atoms with Gasteiger partial charge in [0, 0.05) is 6.04 Å². The predicted molar refractivity (Wildman–Crippen MR) is 76.0 cm³/mol. The highest BCUT2D eigenvalue weighted by Crippen LogP contribution is 2.22. The van der Waals surface area contributed by atoms with Crippen LogP contribution >= 0.6 is 0 Å². The predicted octanol–water partition coefficient (Wildman–Crippen LogP) is 2.49. The Hall–Kier alpha value is -1.71. The number of ether oxygens (including phenoxy) is 1. The highest BCUT2D eigenvalue weighted by Gasteiger charge is 2.21. The summed E-state index contributed by atoms with van der Waals surface area (Å²) in [7, 11) is 0. The lowest BCUT2D eigenvalue weighted by Gasteiger charge is -2.24. The first-order chi connectivity index (χ1) is 9.16. The largest absolute Gasteiger partial charge is 0.479 e. The lowest BCUT2D eigenvalue weighted by Crippen LogP contribution is -2.43. The number of para-hydroxylation sites is 2. The number of nitrogens with one attached hydrogen (secondary N) is 1. The van der Waals surface area contributed by atoms with Crippen LogP contribution in [-0.4, -0.2) is 18.1 Å². The van der Waals surface area contributed by atoms with E-state index in [1.807, 2.05) is 12.1 Å². The van der Waals surface area contributed by atoms with E-state index in [1.54, 1.807) is 19.1 Å². The van der Waals surface area contributed by atoms with Gasteiger partial charge in [0.15, 0.2) is 6.10 Å². The van der Waals surface area contributed by atoms with Crippen molar-refractivity contribution in [2.45, 2.75) is 51.2 Å². The van der Waals surface area contributed by atoms with Crippen LogP contribution < -0.4 is 15.8 Å². The number of hydrogen-bond donors (Lipinski definition) is 2. The molecule has 1 amide bonds. The molecule has 19 heavy (non-hydrogen) atoms. The minimum Gasteiger partial charge on any atom is -0.479 e. The van der Waals surface area contributed by atoms with Crippen LogP contribution in [0.3, 0.4) is 0 Å². The van der Waals surface area contributed by atoms with E-state index in [4.69, 9.17) is 10.5 Å². The fraction of sp³-hybridized carbons (Fsp3) is 0.533. The molecule has 1 aromatic carbocycles. The van der Waals surface area contributed by atoms with Gasteiger partial charge in [-0.2, -0.15) is 0 Å². The van der Waals surface area contributed by atoms with E-state index in [-0.39, 0.29) is 5.91 Å². The summed E-state index contributed by atoms with van der Waals surface area (Å²) in [4.78, 5) is 12.0. The molecule has 2 rings (SSSR count). The molecular weight excluding hydrogens is 240 g/mol. The zero-order chi connectivity index (χ0) is 13.7. The van der Waals surface area contributed by atoms with Crippen molar-refractivity contribution in [2.75, 3.05) is 5.73 Å². The van der Waals surface area contributed by atoms with Crippen LogP contribution in [-0.2, 0) is 4.79 Å². The number of benzene rings is 1. The minimum absolute atomic E-state index is 0.0600. The minimum atomic E-state index is -0.522. The second kappa shape index (κ2) is 6.45. The van der Waals surface area contributed by atoms with Crippen molar-refractivity contribution in [3.8, 4) is 5.75 Å². The maximum Gasteiger partial charge on any atom is 0.260 e. The molecule has 1 fully saturated rings. The number of rotatable bonds is 4. The van der Waals surface area contributed by atoms with Crippen LogP contribution in [0.5, 0.6) is 5.75 Å². The van der Waals surface area contributed by atoms with Gasteiger partial charge < -0.3 is 15.8 Å².